The predicted molar refractivity (Wildman–Crippen MR) is 52.9 cm³/mol. The highest BCUT2D eigenvalue weighted by molar-refractivity contribution is 7.99. The van der Waals surface area contributed by atoms with E-state index in [1.807, 2.05) is 0 Å². The van der Waals surface area contributed by atoms with E-state index in [0.717, 1.165) is 6.07 Å². The molecular formula is C9H7ClF4S. The van der Waals surface area contributed by atoms with Crippen LogP contribution in [0, 0.1) is 12.7 Å². The zero-order chi connectivity index (χ0) is 11.6. The molecule has 84 valence electrons. The average Bonchev–Trinajstić information content (AvgIpc) is 2.07. The Bertz CT molecular complexity index is 362. The first-order chi connectivity index (χ1) is 6.79. The van der Waals surface area contributed by atoms with Gasteiger partial charge >= 0.3 is 6.18 Å². The number of halogens is 5. The summed E-state index contributed by atoms with van der Waals surface area (Å²) in [5, 5.41) is -0.162. The molecule has 0 radical (unpaired) electrons. The highest BCUT2D eigenvalue weighted by Crippen LogP contribution is 2.32. The number of hydrogen-bond donors (Lipinski definition) is 0. The lowest BCUT2D eigenvalue weighted by Gasteiger charge is -2.09. The number of rotatable bonds is 2. The van der Waals surface area contributed by atoms with Crippen LogP contribution < -0.4 is 0 Å². The largest absolute Gasteiger partial charge is 0.398 e. The van der Waals surface area contributed by atoms with E-state index in [1.165, 1.54) is 13.0 Å². The zero-order valence-electron chi connectivity index (χ0n) is 7.66. The first-order valence-corrected chi connectivity index (χ1v) is 5.31. The molecular weight excluding hydrogens is 252 g/mol. The van der Waals surface area contributed by atoms with Crippen molar-refractivity contribution in [2.45, 2.75) is 18.0 Å². The van der Waals surface area contributed by atoms with E-state index < -0.39 is 17.7 Å². The molecule has 0 bridgehead atoms. The van der Waals surface area contributed by atoms with E-state index in [2.05, 4.69) is 0 Å². The molecule has 1 aromatic rings. The lowest BCUT2D eigenvalue weighted by atomic mass is 10.2. The Morgan fingerprint density at radius 2 is 1.93 bits per heavy atom. The third kappa shape index (κ3) is 3.91. The van der Waals surface area contributed by atoms with Crippen molar-refractivity contribution in [2.75, 3.05) is 5.75 Å². The lowest BCUT2D eigenvalue weighted by Crippen LogP contribution is -2.10. The summed E-state index contributed by atoms with van der Waals surface area (Å²) in [4.78, 5) is 0.346. The van der Waals surface area contributed by atoms with Crippen molar-refractivity contribution in [3.63, 3.8) is 0 Å². The third-order valence-corrected chi connectivity index (χ3v) is 3.12. The fourth-order valence-corrected chi connectivity index (χ4v) is 1.98. The van der Waals surface area contributed by atoms with Gasteiger partial charge in [-0.1, -0.05) is 11.6 Å². The highest BCUT2D eigenvalue weighted by atomic mass is 35.5. The Kier molecular flexibility index (Phi) is 3.89. The minimum Gasteiger partial charge on any atom is -0.205 e. The summed E-state index contributed by atoms with van der Waals surface area (Å²) in [6, 6.07) is 2.34. The summed E-state index contributed by atoms with van der Waals surface area (Å²) in [5.74, 6) is -1.62. The van der Waals surface area contributed by atoms with E-state index in [9.17, 15) is 17.6 Å². The monoisotopic (exact) mass is 258 g/mol. The van der Waals surface area contributed by atoms with Crippen LogP contribution in [0.25, 0.3) is 0 Å². The van der Waals surface area contributed by atoms with Gasteiger partial charge in [0.05, 0.1) is 10.8 Å². The van der Waals surface area contributed by atoms with Crippen molar-refractivity contribution in [3.05, 3.63) is 28.5 Å². The minimum atomic E-state index is -4.24. The molecule has 0 aliphatic carbocycles. The van der Waals surface area contributed by atoms with Crippen LogP contribution in [-0.2, 0) is 0 Å². The molecule has 0 heterocycles. The zero-order valence-corrected chi connectivity index (χ0v) is 9.23. The van der Waals surface area contributed by atoms with Crippen molar-refractivity contribution < 1.29 is 17.6 Å². The standard InChI is InChI=1S/C9H7ClF4S/c1-5-2-7(11)6(10)3-8(5)15-4-9(12,13)14/h2-3H,4H2,1H3. The molecule has 0 saturated carbocycles. The molecule has 0 saturated heterocycles. The Hall–Kier alpha value is -0.420. The van der Waals surface area contributed by atoms with Gasteiger partial charge in [-0.05, 0) is 24.6 Å². The molecule has 0 N–H and O–H groups in total. The first kappa shape index (κ1) is 12.6. The smallest absolute Gasteiger partial charge is 0.205 e. The molecule has 0 nitrogen and oxygen atoms in total. The summed E-state index contributed by atoms with van der Waals surface area (Å²) >= 11 is 6.07. The van der Waals surface area contributed by atoms with Gasteiger partial charge in [-0.2, -0.15) is 13.2 Å². The lowest BCUT2D eigenvalue weighted by molar-refractivity contribution is -0.105. The number of alkyl halides is 3. The van der Waals surface area contributed by atoms with Crippen LogP contribution in [0.1, 0.15) is 5.56 Å². The second-order valence-electron chi connectivity index (χ2n) is 2.94. The van der Waals surface area contributed by atoms with E-state index in [4.69, 9.17) is 11.6 Å². The number of aryl methyl sites for hydroxylation is 1. The van der Waals surface area contributed by atoms with Crippen molar-refractivity contribution in [1.82, 2.24) is 0 Å². The third-order valence-electron chi connectivity index (χ3n) is 1.61. The van der Waals surface area contributed by atoms with Crippen LogP contribution >= 0.6 is 23.4 Å². The normalized spacial score (nSPS) is 11.9. The Morgan fingerprint density at radius 1 is 1.33 bits per heavy atom. The van der Waals surface area contributed by atoms with E-state index in [1.54, 1.807) is 0 Å². The topological polar surface area (TPSA) is 0 Å². The van der Waals surface area contributed by atoms with Gasteiger partial charge in [-0.25, -0.2) is 4.39 Å². The fraction of sp³-hybridized carbons (Fsp3) is 0.333. The van der Waals surface area contributed by atoms with Gasteiger partial charge in [0.1, 0.15) is 5.82 Å². The number of thioether (sulfide) groups is 1. The molecule has 0 atom stereocenters. The summed E-state index contributed by atoms with van der Waals surface area (Å²) in [6.07, 6.45) is -4.24. The van der Waals surface area contributed by atoms with Crippen LogP contribution in [0.5, 0.6) is 0 Å². The van der Waals surface area contributed by atoms with Crippen molar-refractivity contribution in [1.29, 1.82) is 0 Å². The maximum absolute atomic E-state index is 12.9. The van der Waals surface area contributed by atoms with Crippen LogP contribution in [-0.4, -0.2) is 11.9 Å². The molecule has 15 heavy (non-hydrogen) atoms. The Morgan fingerprint density at radius 3 is 2.47 bits per heavy atom. The molecule has 0 amide bonds. The SMILES string of the molecule is Cc1cc(F)c(Cl)cc1SCC(F)(F)F. The molecule has 0 aliphatic heterocycles. The van der Waals surface area contributed by atoms with Gasteiger partial charge in [0.25, 0.3) is 0 Å². The molecule has 6 heteroatoms. The van der Waals surface area contributed by atoms with Crippen LogP contribution in [0.15, 0.2) is 17.0 Å². The van der Waals surface area contributed by atoms with Gasteiger partial charge < -0.3 is 0 Å². The van der Waals surface area contributed by atoms with Crippen molar-refractivity contribution in [2.24, 2.45) is 0 Å². The summed E-state index contributed by atoms with van der Waals surface area (Å²) in [5.41, 5.74) is 0.450. The number of benzene rings is 1. The number of hydrogen-bond acceptors (Lipinski definition) is 1. The van der Waals surface area contributed by atoms with Gasteiger partial charge in [0, 0.05) is 4.90 Å². The molecule has 0 spiro atoms. The van der Waals surface area contributed by atoms with Crippen LogP contribution in [0.3, 0.4) is 0 Å². The van der Waals surface area contributed by atoms with Crippen LogP contribution in [0.2, 0.25) is 5.02 Å². The van der Waals surface area contributed by atoms with Crippen molar-refractivity contribution >= 4 is 23.4 Å². The fourth-order valence-electron chi connectivity index (χ4n) is 0.943. The molecule has 0 unspecified atom stereocenters. The minimum absolute atomic E-state index is 0.162. The van der Waals surface area contributed by atoms with Crippen molar-refractivity contribution in [3.8, 4) is 0 Å². The van der Waals surface area contributed by atoms with Gasteiger partial charge in [0.2, 0.25) is 0 Å². The van der Waals surface area contributed by atoms with E-state index in [0.29, 0.717) is 22.2 Å². The first-order valence-electron chi connectivity index (χ1n) is 3.95. The molecule has 0 aliphatic rings. The second kappa shape index (κ2) is 4.61. The molecule has 1 rings (SSSR count). The maximum atomic E-state index is 12.9. The molecule has 0 aromatic heterocycles. The quantitative estimate of drug-likeness (QED) is 0.558. The summed E-state index contributed by atoms with van der Waals surface area (Å²) < 4.78 is 48.6. The van der Waals surface area contributed by atoms with Gasteiger partial charge in [-0.15, -0.1) is 11.8 Å². The molecule has 1 aromatic carbocycles. The van der Waals surface area contributed by atoms with Gasteiger partial charge in [-0.3, -0.25) is 0 Å². The Labute approximate surface area is 93.6 Å². The van der Waals surface area contributed by atoms with E-state index >= 15 is 0 Å². The van der Waals surface area contributed by atoms with E-state index in [-0.39, 0.29) is 5.02 Å². The van der Waals surface area contributed by atoms with Gasteiger partial charge in [0.15, 0.2) is 0 Å². The predicted octanol–water partition coefficient (Wildman–Crippen LogP) is 4.44. The Balaban J connectivity index is 2.82. The summed E-state index contributed by atoms with van der Waals surface area (Å²) in [7, 11) is 0. The summed E-state index contributed by atoms with van der Waals surface area (Å²) in [6.45, 7) is 1.54. The average molecular weight is 259 g/mol. The second-order valence-corrected chi connectivity index (χ2v) is 4.36. The highest BCUT2D eigenvalue weighted by Gasteiger charge is 2.27. The van der Waals surface area contributed by atoms with Crippen LogP contribution in [0.4, 0.5) is 17.6 Å². The maximum Gasteiger partial charge on any atom is 0.398 e. The molecule has 0 fully saturated rings.